The first-order chi connectivity index (χ1) is 10.6. The molecule has 1 fully saturated rings. The Labute approximate surface area is 133 Å². The standard InChI is InChI=1S/C15H19N3O3S/c1-9-13(10(2)17-16-9)11-8-21-6-5-18(11)15(19)14-12(20-3)4-7-22-14/h4,7,11H,5-6,8H2,1-3H3,(H,16,17). The van der Waals surface area contributed by atoms with Crippen LogP contribution in [0.4, 0.5) is 0 Å². The third-order valence-corrected chi connectivity index (χ3v) is 4.83. The van der Waals surface area contributed by atoms with E-state index in [0.29, 0.717) is 30.4 Å². The fourth-order valence-electron chi connectivity index (χ4n) is 2.88. The van der Waals surface area contributed by atoms with Crippen LogP contribution in [0.15, 0.2) is 11.4 Å². The van der Waals surface area contributed by atoms with Crippen molar-refractivity contribution in [2.75, 3.05) is 26.9 Å². The van der Waals surface area contributed by atoms with E-state index in [4.69, 9.17) is 9.47 Å². The number of hydrogen-bond donors (Lipinski definition) is 1. The molecule has 1 aliphatic rings. The minimum Gasteiger partial charge on any atom is -0.495 e. The molecule has 1 unspecified atom stereocenters. The SMILES string of the molecule is COc1ccsc1C(=O)N1CCOCC1c1c(C)n[nH]c1C. The number of amides is 1. The predicted molar refractivity (Wildman–Crippen MR) is 83.5 cm³/mol. The number of thiophene rings is 1. The van der Waals surface area contributed by atoms with Gasteiger partial charge in [0.25, 0.3) is 5.91 Å². The van der Waals surface area contributed by atoms with Crippen molar-refractivity contribution in [2.45, 2.75) is 19.9 Å². The van der Waals surface area contributed by atoms with Crippen molar-refractivity contribution >= 4 is 17.2 Å². The zero-order valence-electron chi connectivity index (χ0n) is 12.9. The molecule has 118 valence electrons. The Morgan fingerprint density at radius 2 is 2.36 bits per heavy atom. The van der Waals surface area contributed by atoms with Crippen molar-refractivity contribution < 1.29 is 14.3 Å². The van der Waals surface area contributed by atoms with E-state index in [2.05, 4.69) is 10.2 Å². The van der Waals surface area contributed by atoms with Crippen LogP contribution in [0.2, 0.25) is 0 Å². The molecule has 2 aromatic heterocycles. The van der Waals surface area contributed by atoms with Gasteiger partial charge < -0.3 is 14.4 Å². The summed E-state index contributed by atoms with van der Waals surface area (Å²) in [5.74, 6) is 0.612. The molecule has 3 heterocycles. The van der Waals surface area contributed by atoms with E-state index >= 15 is 0 Å². The van der Waals surface area contributed by atoms with Crippen LogP contribution in [0.25, 0.3) is 0 Å². The van der Waals surface area contributed by atoms with Crippen molar-refractivity contribution in [1.29, 1.82) is 0 Å². The first-order valence-corrected chi connectivity index (χ1v) is 8.03. The number of methoxy groups -OCH3 is 1. The van der Waals surface area contributed by atoms with E-state index in [1.54, 1.807) is 7.11 Å². The number of aromatic amines is 1. The van der Waals surface area contributed by atoms with Gasteiger partial charge in [-0.15, -0.1) is 11.3 Å². The Balaban J connectivity index is 1.95. The van der Waals surface area contributed by atoms with Crippen molar-refractivity contribution in [3.05, 3.63) is 33.3 Å². The lowest BCUT2D eigenvalue weighted by molar-refractivity contribution is -0.00288. The highest BCUT2D eigenvalue weighted by Crippen LogP contribution is 2.33. The van der Waals surface area contributed by atoms with Gasteiger partial charge in [0, 0.05) is 17.8 Å². The number of H-pyrrole nitrogens is 1. The van der Waals surface area contributed by atoms with Crippen molar-refractivity contribution in [2.24, 2.45) is 0 Å². The van der Waals surface area contributed by atoms with Crippen LogP contribution in [-0.4, -0.2) is 47.9 Å². The number of morpholine rings is 1. The molecule has 1 saturated heterocycles. The number of rotatable bonds is 3. The third-order valence-electron chi connectivity index (χ3n) is 3.95. The van der Waals surface area contributed by atoms with Crippen molar-refractivity contribution in [1.82, 2.24) is 15.1 Å². The zero-order chi connectivity index (χ0) is 15.7. The number of hydrogen-bond acceptors (Lipinski definition) is 5. The number of aryl methyl sites for hydroxylation is 2. The molecule has 1 atom stereocenters. The number of ether oxygens (including phenoxy) is 2. The highest BCUT2D eigenvalue weighted by molar-refractivity contribution is 7.12. The predicted octanol–water partition coefficient (Wildman–Crippen LogP) is 2.31. The summed E-state index contributed by atoms with van der Waals surface area (Å²) in [5, 5.41) is 9.10. The highest BCUT2D eigenvalue weighted by atomic mass is 32.1. The molecule has 0 saturated carbocycles. The molecule has 2 aromatic rings. The van der Waals surface area contributed by atoms with Crippen LogP contribution in [0.1, 0.15) is 32.7 Å². The summed E-state index contributed by atoms with van der Waals surface area (Å²) in [5.41, 5.74) is 2.93. The van der Waals surface area contributed by atoms with Crippen molar-refractivity contribution in [3.63, 3.8) is 0 Å². The fraction of sp³-hybridized carbons (Fsp3) is 0.467. The molecule has 0 bridgehead atoms. The second kappa shape index (κ2) is 6.10. The lowest BCUT2D eigenvalue weighted by atomic mass is 10.0. The first kappa shape index (κ1) is 15.1. The van der Waals surface area contributed by atoms with E-state index in [0.717, 1.165) is 17.0 Å². The molecule has 0 radical (unpaired) electrons. The molecule has 1 amide bonds. The van der Waals surface area contributed by atoms with Gasteiger partial charge in [-0.1, -0.05) is 0 Å². The lowest BCUT2D eigenvalue weighted by Crippen LogP contribution is -2.43. The minimum absolute atomic E-state index is 0.0137. The van der Waals surface area contributed by atoms with Crippen LogP contribution in [0.3, 0.4) is 0 Å². The summed E-state index contributed by atoms with van der Waals surface area (Å²) in [6.07, 6.45) is 0. The van der Waals surface area contributed by atoms with E-state index in [-0.39, 0.29) is 11.9 Å². The smallest absolute Gasteiger partial charge is 0.268 e. The summed E-state index contributed by atoms with van der Waals surface area (Å²) >= 11 is 1.40. The lowest BCUT2D eigenvalue weighted by Gasteiger charge is -2.35. The topological polar surface area (TPSA) is 67.4 Å². The molecule has 7 heteroatoms. The van der Waals surface area contributed by atoms with Gasteiger partial charge in [0.1, 0.15) is 10.6 Å². The van der Waals surface area contributed by atoms with Gasteiger partial charge >= 0.3 is 0 Å². The summed E-state index contributed by atoms with van der Waals surface area (Å²) in [6.45, 7) is 5.52. The van der Waals surface area contributed by atoms with Crippen LogP contribution < -0.4 is 4.74 Å². The molecular formula is C15H19N3O3S. The van der Waals surface area contributed by atoms with Crippen LogP contribution in [0.5, 0.6) is 5.75 Å². The number of nitrogens with one attached hydrogen (secondary N) is 1. The fourth-order valence-corrected chi connectivity index (χ4v) is 3.69. The quantitative estimate of drug-likeness (QED) is 0.942. The van der Waals surface area contributed by atoms with Gasteiger partial charge in [0.15, 0.2) is 0 Å². The molecule has 0 aromatic carbocycles. The number of aromatic nitrogens is 2. The second-order valence-electron chi connectivity index (χ2n) is 5.26. The summed E-state index contributed by atoms with van der Waals surface area (Å²) in [6, 6.07) is 1.70. The molecular weight excluding hydrogens is 302 g/mol. The van der Waals surface area contributed by atoms with Gasteiger partial charge in [-0.2, -0.15) is 5.10 Å². The van der Waals surface area contributed by atoms with E-state index in [9.17, 15) is 4.79 Å². The van der Waals surface area contributed by atoms with Gasteiger partial charge in [0.2, 0.25) is 0 Å². The van der Waals surface area contributed by atoms with Gasteiger partial charge in [0.05, 0.1) is 32.1 Å². The van der Waals surface area contributed by atoms with Gasteiger partial charge in [-0.3, -0.25) is 9.89 Å². The largest absolute Gasteiger partial charge is 0.495 e. The molecule has 1 N–H and O–H groups in total. The third kappa shape index (κ3) is 2.50. The van der Waals surface area contributed by atoms with E-state index in [1.807, 2.05) is 30.2 Å². The number of carbonyl (C=O) groups is 1. The Morgan fingerprint density at radius 1 is 1.55 bits per heavy atom. The number of nitrogens with zero attached hydrogens (tertiary/aromatic N) is 2. The Morgan fingerprint density at radius 3 is 3.05 bits per heavy atom. The summed E-state index contributed by atoms with van der Waals surface area (Å²) < 4.78 is 10.9. The van der Waals surface area contributed by atoms with E-state index in [1.165, 1.54) is 11.3 Å². The average molecular weight is 321 g/mol. The molecule has 0 aliphatic carbocycles. The van der Waals surface area contributed by atoms with Crippen LogP contribution in [-0.2, 0) is 4.74 Å². The maximum atomic E-state index is 12.9. The molecule has 0 spiro atoms. The zero-order valence-corrected chi connectivity index (χ0v) is 13.7. The maximum Gasteiger partial charge on any atom is 0.268 e. The summed E-state index contributed by atoms with van der Waals surface area (Å²) in [7, 11) is 1.58. The maximum absolute atomic E-state index is 12.9. The van der Waals surface area contributed by atoms with Crippen LogP contribution in [0, 0.1) is 13.8 Å². The number of carbonyl (C=O) groups excluding carboxylic acids is 1. The second-order valence-corrected chi connectivity index (χ2v) is 6.17. The monoisotopic (exact) mass is 321 g/mol. The molecule has 3 rings (SSSR count). The summed E-state index contributed by atoms with van der Waals surface area (Å²) in [4.78, 5) is 15.4. The first-order valence-electron chi connectivity index (χ1n) is 7.15. The highest BCUT2D eigenvalue weighted by Gasteiger charge is 2.33. The Bertz CT molecular complexity index is 660. The van der Waals surface area contributed by atoms with Crippen LogP contribution >= 0.6 is 11.3 Å². The Kier molecular flexibility index (Phi) is 4.17. The normalized spacial score (nSPS) is 18.5. The minimum atomic E-state index is -0.119. The van der Waals surface area contributed by atoms with Gasteiger partial charge in [-0.25, -0.2) is 0 Å². The van der Waals surface area contributed by atoms with Gasteiger partial charge in [-0.05, 0) is 25.3 Å². The van der Waals surface area contributed by atoms with E-state index < -0.39 is 0 Å². The van der Waals surface area contributed by atoms with Crippen molar-refractivity contribution in [3.8, 4) is 5.75 Å². The molecule has 6 nitrogen and oxygen atoms in total. The Hall–Kier alpha value is -1.86. The molecule has 1 aliphatic heterocycles. The molecule has 22 heavy (non-hydrogen) atoms. The average Bonchev–Trinajstić information content (AvgIpc) is 3.13.